The first-order valence-electron chi connectivity index (χ1n) is 8.99. The van der Waals surface area contributed by atoms with Gasteiger partial charge in [0.05, 0.1) is 12.4 Å². The molecule has 1 fully saturated rings. The monoisotopic (exact) mass is 375 g/mol. The van der Waals surface area contributed by atoms with E-state index < -0.39 is 0 Å². The normalized spacial score (nSPS) is 16.3. The number of tetrazole rings is 1. The van der Waals surface area contributed by atoms with Crippen molar-refractivity contribution < 1.29 is 9.53 Å². The second-order valence-electron chi connectivity index (χ2n) is 6.65. The molecule has 7 nitrogen and oxygen atoms in total. The smallest absolute Gasteiger partial charge is 0.233 e. The van der Waals surface area contributed by atoms with E-state index in [1.807, 2.05) is 32.0 Å². The van der Waals surface area contributed by atoms with E-state index in [-0.39, 0.29) is 11.2 Å². The third-order valence-electron chi connectivity index (χ3n) is 4.61. The summed E-state index contributed by atoms with van der Waals surface area (Å²) in [5, 5.41) is 15.4. The average molecular weight is 375 g/mol. The van der Waals surface area contributed by atoms with Crippen molar-refractivity contribution >= 4 is 17.7 Å². The van der Waals surface area contributed by atoms with Gasteiger partial charge >= 0.3 is 0 Å². The molecular weight excluding hydrogens is 350 g/mol. The minimum Gasteiger partial charge on any atom is -0.494 e. The second-order valence-corrected chi connectivity index (χ2v) is 7.96. The van der Waals surface area contributed by atoms with Gasteiger partial charge in [0, 0.05) is 6.04 Å². The van der Waals surface area contributed by atoms with E-state index in [4.69, 9.17) is 4.74 Å². The highest BCUT2D eigenvalue weighted by Crippen LogP contribution is 2.29. The van der Waals surface area contributed by atoms with E-state index in [0.717, 1.165) is 24.1 Å². The second kappa shape index (κ2) is 8.53. The predicted octanol–water partition coefficient (Wildman–Crippen LogP) is 2.91. The SMILES string of the molecule is COc1ccc(C)cc1-n1nnnc1S[C@@H](C)C(=O)NC1CCCCC1. The Morgan fingerprint density at radius 2 is 2.12 bits per heavy atom. The molecule has 140 valence electrons. The molecule has 1 heterocycles. The fraction of sp³-hybridized carbons (Fsp3) is 0.556. The van der Waals surface area contributed by atoms with Gasteiger partial charge in [0.2, 0.25) is 11.1 Å². The van der Waals surface area contributed by atoms with Crippen molar-refractivity contribution in [1.82, 2.24) is 25.5 Å². The first-order chi connectivity index (χ1) is 12.6. The van der Waals surface area contributed by atoms with Gasteiger partial charge in [-0.05, 0) is 54.8 Å². The molecule has 1 aromatic carbocycles. The van der Waals surface area contributed by atoms with Crippen molar-refractivity contribution in [3.8, 4) is 11.4 Å². The summed E-state index contributed by atoms with van der Waals surface area (Å²) in [5.74, 6) is 0.719. The Balaban J connectivity index is 1.72. The van der Waals surface area contributed by atoms with Crippen LogP contribution in [-0.4, -0.2) is 44.5 Å². The van der Waals surface area contributed by atoms with Gasteiger partial charge in [-0.25, -0.2) is 0 Å². The summed E-state index contributed by atoms with van der Waals surface area (Å²) in [5.41, 5.74) is 1.84. The van der Waals surface area contributed by atoms with Crippen LogP contribution in [0.2, 0.25) is 0 Å². The molecule has 1 aliphatic carbocycles. The van der Waals surface area contributed by atoms with Crippen LogP contribution in [0.4, 0.5) is 0 Å². The van der Waals surface area contributed by atoms with Crippen LogP contribution in [0.5, 0.6) is 5.75 Å². The Kier molecular flexibility index (Phi) is 6.13. The van der Waals surface area contributed by atoms with Crippen molar-refractivity contribution in [2.24, 2.45) is 0 Å². The highest BCUT2D eigenvalue weighted by molar-refractivity contribution is 8.00. The van der Waals surface area contributed by atoms with Crippen molar-refractivity contribution in [2.75, 3.05) is 7.11 Å². The third kappa shape index (κ3) is 4.35. The first kappa shape index (κ1) is 18.7. The van der Waals surface area contributed by atoms with Gasteiger partial charge in [0.15, 0.2) is 0 Å². The summed E-state index contributed by atoms with van der Waals surface area (Å²) in [6.07, 6.45) is 5.79. The Hall–Kier alpha value is -2.09. The van der Waals surface area contributed by atoms with E-state index in [1.165, 1.54) is 31.0 Å². The molecular formula is C18H25N5O2S. The molecule has 26 heavy (non-hydrogen) atoms. The van der Waals surface area contributed by atoms with Crippen molar-refractivity contribution in [3.05, 3.63) is 23.8 Å². The maximum absolute atomic E-state index is 12.5. The molecule has 1 aliphatic rings. The number of nitrogens with zero attached hydrogens (tertiary/aromatic N) is 4. The zero-order chi connectivity index (χ0) is 18.5. The van der Waals surface area contributed by atoms with E-state index in [1.54, 1.807) is 11.8 Å². The van der Waals surface area contributed by atoms with Gasteiger partial charge < -0.3 is 10.1 Å². The lowest BCUT2D eigenvalue weighted by Gasteiger charge is -2.24. The molecule has 0 unspecified atom stereocenters. The van der Waals surface area contributed by atoms with Gasteiger partial charge in [-0.3, -0.25) is 4.79 Å². The first-order valence-corrected chi connectivity index (χ1v) is 9.87. The number of carbonyl (C=O) groups is 1. The lowest BCUT2D eigenvalue weighted by atomic mass is 9.95. The summed E-state index contributed by atoms with van der Waals surface area (Å²) in [4.78, 5) is 12.5. The Labute approximate surface area is 157 Å². The zero-order valence-electron chi connectivity index (χ0n) is 15.4. The lowest BCUT2D eigenvalue weighted by molar-refractivity contribution is -0.121. The maximum atomic E-state index is 12.5. The number of ether oxygens (including phenoxy) is 1. The topological polar surface area (TPSA) is 81.9 Å². The molecule has 1 aromatic heterocycles. The average Bonchev–Trinajstić information content (AvgIpc) is 3.10. The molecule has 0 bridgehead atoms. The van der Waals surface area contributed by atoms with Crippen LogP contribution in [0.3, 0.4) is 0 Å². The van der Waals surface area contributed by atoms with Crippen LogP contribution < -0.4 is 10.1 Å². The number of amides is 1. The quantitative estimate of drug-likeness (QED) is 0.782. The number of hydrogen-bond acceptors (Lipinski definition) is 6. The molecule has 1 atom stereocenters. The summed E-state index contributed by atoms with van der Waals surface area (Å²) in [7, 11) is 1.62. The third-order valence-corrected chi connectivity index (χ3v) is 5.64. The molecule has 2 aromatic rings. The van der Waals surface area contributed by atoms with Gasteiger partial charge in [0.25, 0.3) is 0 Å². The van der Waals surface area contributed by atoms with Gasteiger partial charge in [-0.15, -0.1) is 5.10 Å². The van der Waals surface area contributed by atoms with Crippen LogP contribution in [-0.2, 0) is 4.79 Å². The van der Waals surface area contributed by atoms with E-state index >= 15 is 0 Å². The number of methoxy groups -OCH3 is 1. The number of aryl methyl sites for hydroxylation is 1. The largest absolute Gasteiger partial charge is 0.494 e. The Bertz CT molecular complexity index is 758. The van der Waals surface area contributed by atoms with Gasteiger partial charge in [0.1, 0.15) is 11.4 Å². The molecule has 0 aliphatic heterocycles. The number of carbonyl (C=O) groups excluding carboxylic acids is 1. The zero-order valence-corrected chi connectivity index (χ0v) is 16.3. The minimum absolute atomic E-state index is 0.0349. The standard InChI is InChI=1S/C18H25N5O2S/c1-12-9-10-16(25-3)15(11-12)23-18(20-21-22-23)26-13(2)17(24)19-14-7-5-4-6-8-14/h9-11,13-14H,4-8H2,1-3H3,(H,19,24)/t13-/m0/s1. The van der Waals surface area contributed by atoms with Gasteiger partial charge in [-0.1, -0.05) is 37.1 Å². The number of nitrogens with one attached hydrogen (secondary N) is 1. The highest BCUT2D eigenvalue weighted by Gasteiger charge is 2.23. The highest BCUT2D eigenvalue weighted by atomic mass is 32.2. The lowest BCUT2D eigenvalue weighted by Crippen LogP contribution is -2.40. The summed E-state index contributed by atoms with van der Waals surface area (Å²) in [6.45, 7) is 3.88. The summed E-state index contributed by atoms with van der Waals surface area (Å²) in [6, 6.07) is 6.12. The maximum Gasteiger partial charge on any atom is 0.233 e. The number of benzene rings is 1. The van der Waals surface area contributed by atoms with Crippen LogP contribution in [0.1, 0.15) is 44.6 Å². The van der Waals surface area contributed by atoms with Crippen molar-refractivity contribution in [1.29, 1.82) is 0 Å². The molecule has 0 radical (unpaired) electrons. The number of rotatable bonds is 6. The van der Waals surface area contributed by atoms with E-state index in [0.29, 0.717) is 16.9 Å². The van der Waals surface area contributed by atoms with Crippen LogP contribution in [0, 0.1) is 6.92 Å². The Morgan fingerprint density at radius 1 is 1.35 bits per heavy atom. The van der Waals surface area contributed by atoms with Crippen LogP contribution >= 0.6 is 11.8 Å². The minimum atomic E-state index is -0.280. The molecule has 0 saturated heterocycles. The molecule has 3 rings (SSSR count). The number of hydrogen-bond donors (Lipinski definition) is 1. The van der Waals surface area contributed by atoms with Crippen LogP contribution in [0.15, 0.2) is 23.4 Å². The van der Waals surface area contributed by atoms with Crippen molar-refractivity contribution in [3.63, 3.8) is 0 Å². The van der Waals surface area contributed by atoms with Crippen molar-refractivity contribution in [2.45, 2.75) is 62.4 Å². The fourth-order valence-electron chi connectivity index (χ4n) is 3.15. The fourth-order valence-corrected chi connectivity index (χ4v) is 3.96. The predicted molar refractivity (Wildman–Crippen MR) is 101 cm³/mol. The molecule has 1 saturated carbocycles. The Morgan fingerprint density at radius 3 is 2.85 bits per heavy atom. The molecule has 0 spiro atoms. The number of aromatic nitrogens is 4. The molecule has 8 heteroatoms. The number of thioether (sulfide) groups is 1. The summed E-state index contributed by atoms with van der Waals surface area (Å²) < 4.78 is 7.05. The van der Waals surface area contributed by atoms with Gasteiger partial charge in [-0.2, -0.15) is 4.68 Å². The van der Waals surface area contributed by atoms with Crippen LogP contribution in [0.25, 0.3) is 5.69 Å². The summed E-state index contributed by atoms with van der Waals surface area (Å²) >= 11 is 1.35. The van der Waals surface area contributed by atoms with E-state index in [2.05, 4.69) is 20.8 Å². The molecule has 1 amide bonds. The van der Waals surface area contributed by atoms with E-state index in [9.17, 15) is 4.79 Å². The molecule has 1 N–H and O–H groups in total.